The summed E-state index contributed by atoms with van der Waals surface area (Å²) in [6.07, 6.45) is 0.921. The van der Waals surface area contributed by atoms with Gasteiger partial charge in [-0.3, -0.25) is 14.5 Å². The highest BCUT2D eigenvalue weighted by Crippen LogP contribution is 2.19. The van der Waals surface area contributed by atoms with Crippen LogP contribution in [0.25, 0.3) is 0 Å². The Hall–Kier alpha value is -2.86. The van der Waals surface area contributed by atoms with Crippen LogP contribution in [0.15, 0.2) is 48.5 Å². The van der Waals surface area contributed by atoms with Crippen molar-refractivity contribution in [2.75, 3.05) is 46.4 Å². The minimum Gasteiger partial charge on any atom is -0.497 e. The van der Waals surface area contributed by atoms with E-state index in [4.69, 9.17) is 4.74 Å². The average molecular weight is 393 g/mol. The fourth-order valence-electron chi connectivity index (χ4n) is 4.05. The number of benzene rings is 2. The highest BCUT2D eigenvalue weighted by Gasteiger charge is 2.26. The van der Waals surface area contributed by atoms with Crippen LogP contribution in [0.5, 0.6) is 5.75 Å². The molecular weight excluding hydrogens is 366 g/mol. The lowest BCUT2D eigenvalue weighted by Crippen LogP contribution is -2.52. The van der Waals surface area contributed by atoms with Gasteiger partial charge in [-0.2, -0.15) is 0 Å². The van der Waals surface area contributed by atoms with Gasteiger partial charge in [0.15, 0.2) is 0 Å². The lowest BCUT2D eigenvalue weighted by molar-refractivity contribution is -0.133. The monoisotopic (exact) mass is 393 g/mol. The SMILES string of the molecule is COc1cccc(C(=O)N2CCN(CC(=O)N3CCc4ccccc4C3)CC2)c1. The smallest absolute Gasteiger partial charge is 0.254 e. The van der Waals surface area contributed by atoms with E-state index in [2.05, 4.69) is 23.1 Å². The van der Waals surface area contributed by atoms with Crippen LogP contribution in [0.1, 0.15) is 21.5 Å². The van der Waals surface area contributed by atoms with Crippen molar-refractivity contribution in [1.82, 2.24) is 14.7 Å². The fourth-order valence-corrected chi connectivity index (χ4v) is 4.05. The number of piperazine rings is 1. The van der Waals surface area contributed by atoms with Crippen molar-refractivity contribution >= 4 is 11.8 Å². The molecule has 0 radical (unpaired) electrons. The number of nitrogens with zero attached hydrogens (tertiary/aromatic N) is 3. The number of rotatable bonds is 4. The van der Waals surface area contributed by atoms with Gasteiger partial charge in [0.25, 0.3) is 5.91 Å². The van der Waals surface area contributed by atoms with E-state index in [1.807, 2.05) is 34.1 Å². The second kappa shape index (κ2) is 8.66. The molecule has 2 amide bonds. The van der Waals surface area contributed by atoms with E-state index in [9.17, 15) is 9.59 Å². The van der Waals surface area contributed by atoms with E-state index in [-0.39, 0.29) is 11.8 Å². The van der Waals surface area contributed by atoms with Gasteiger partial charge in [-0.15, -0.1) is 0 Å². The predicted molar refractivity (Wildman–Crippen MR) is 111 cm³/mol. The van der Waals surface area contributed by atoms with E-state index >= 15 is 0 Å². The summed E-state index contributed by atoms with van der Waals surface area (Å²) in [7, 11) is 1.60. The largest absolute Gasteiger partial charge is 0.497 e. The zero-order valence-corrected chi connectivity index (χ0v) is 16.8. The maximum Gasteiger partial charge on any atom is 0.254 e. The number of hydrogen-bond donors (Lipinski definition) is 0. The molecule has 6 heteroatoms. The van der Waals surface area contributed by atoms with Gasteiger partial charge < -0.3 is 14.5 Å². The number of amides is 2. The predicted octanol–water partition coefficient (Wildman–Crippen LogP) is 2.04. The number of hydrogen-bond acceptors (Lipinski definition) is 4. The Balaban J connectivity index is 1.29. The normalized spacial score (nSPS) is 17.0. The highest BCUT2D eigenvalue weighted by atomic mass is 16.5. The molecule has 2 aromatic carbocycles. The molecule has 0 spiro atoms. The van der Waals surface area contributed by atoms with Gasteiger partial charge in [-0.25, -0.2) is 0 Å². The third kappa shape index (κ3) is 4.43. The standard InChI is InChI=1S/C23H27N3O3/c1-29-21-8-4-7-19(15-21)23(28)25-13-11-24(12-14-25)17-22(27)26-10-9-18-5-2-3-6-20(18)16-26/h2-8,15H,9-14,16-17H2,1H3. The summed E-state index contributed by atoms with van der Waals surface area (Å²) in [6.45, 7) is 4.59. The van der Waals surface area contributed by atoms with Crippen LogP contribution >= 0.6 is 0 Å². The van der Waals surface area contributed by atoms with Gasteiger partial charge in [-0.05, 0) is 35.7 Å². The van der Waals surface area contributed by atoms with Crippen molar-refractivity contribution in [1.29, 1.82) is 0 Å². The molecule has 0 atom stereocenters. The molecule has 0 unspecified atom stereocenters. The van der Waals surface area contributed by atoms with Gasteiger partial charge in [0.2, 0.25) is 5.91 Å². The van der Waals surface area contributed by atoms with Crippen LogP contribution in [0.4, 0.5) is 0 Å². The summed E-state index contributed by atoms with van der Waals surface area (Å²) in [5.41, 5.74) is 3.24. The first-order valence-corrected chi connectivity index (χ1v) is 10.1. The molecule has 6 nitrogen and oxygen atoms in total. The molecule has 2 aliphatic heterocycles. The Kier molecular flexibility index (Phi) is 5.81. The molecule has 2 heterocycles. The molecule has 4 rings (SSSR count). The zero-order valence-electron chi connectivity index (χ0n) is 16.8. The summed E-state index contributed by atoms with van der Waals surface area (Å²) in [5.74, 6) is 0.873. The van der Waals surface area contributed by atoms with Gasteiger partial charge >= 0.3 is 0 Å². The van der Waals surface area contributed by atoms with Gasteiger partial charge in [0.1, 0.15) is 5.75 Å². The molecule has 29 heavy (non-hydrogen) atoms. The lowest BCUT2D eigenvalue weighted by atomic mass is 10.00. The molecule has 0 saturated carbocycles. The molecule has 1 saturated heterocycles. The Morgan fingerprint density at radius 3 is 2.41 bits per heavy atom. The Morgan fingerprint density at radius 1 is 0.897 bits per heavy atom. The lowest BCUT2D eigenvalue weighted by Gasteiger charge is -2.36. The van der Waals surface area contributed by atoms with Gasteiger partial charge in [0, 0.05) is 44.8 Å². The van der Waals surface area contributed by atoms with Crippen molar-refractivity contribution < 1.29 is 14.3 Å². The molecule has 0 aliphatic carbocycles. The van der Waals surface area contributed by atoms with Crippen molar-refractivity contribution in [3.8, 4) is 5.75 Å². The first-order valence-electron chi connectivity index (χ1n) is 10.1. The Labute approximate surface area is 171 Å². The number of methoxy groups -OCH3 is 1. The van der Waals surface area contributed by atoms with Crippen molar-refractivity contribution in [2.45, 2.75) is 13.0 Å². The second-order valence-electron chi connectivity index (χ2n) is 7.63. The van der Waals surface area contributed by atoms with Crippen LogP contribution < -0.4 is 4.74 Å². The van der Waals surface area contributed by atoms with Crippen LogP contribution in [0, 0.1) is 0 Å². The average Bonchev–Trinajstić information content (AvgIpc) is 2.78. The highest BCUT2D eigenvalue weighted by molar-refractivity contribution is 5.94. The summed E-state index contributed by atoms with van der Waals surface area (Å²) >= 11 is 0. The Bertz CT molecular complexity index is 890. The van der Waals surface area contributed by atoms with E-state index in [1.54, 1.807) is 13.2 Å². The van der Waals surface area contributed by atoms with E-state index in [0.29, 0.717) is 50.6 Å². The molecule has 0 N–H and O–H groups in total. The summed E-state index contributed by atoms with van der Waals surface area (Å²) < 4.78 is 5.21. The summed E-state index contributed by atoms with van der Waals surface area (Å²) in [4.78, 5) is 31.5. The number of carbonyl (C=O) groups excluding carboxylic acids is 2. The maximum atomic E-state index is 12.8. The minimum absolute atomic E-state index is 0.0162. The van der Waals surface area contributed by atoms with Crippen molar-refractivity contribution in [3.05, 3.63) is 65.2 Å². The van der Waals surface area contributed by atoms with Crippen LogP contribution in [-0.4, -0.2) is 72.9 Å². The third-order valence-corrected chi connectivity index (χ3v) is 5.82. The van der Waals surface area contributed by atoms with Gasteiger partial charge in [0.05, 0.1) is 13.7 Å². The minimum atomic E-state index is 0.0162. The fraction of sp³-hybridized carbons (Fsp3) is 0.391. The summed E-state index contributed by atoms with van der Waals surface area (Å²) in [5, 5.41) is 0. The molecular formula is C23H27N3O3. The van der Waals surface area contributed by atoms with E-state index in [1.165, 1.54) is 11.1 Å². The molecule has 0 aromatic heterocycles. The van der Waals surface area contributed by atoms with E-state index in [0.717, 1.165) is 13.0 Å². The maximum absolute atomic E-state index is 12.8. The Morgan fingerprint density at radius 2 is 1.66 bits per heavy atom. The zero-order chi connectivity index (χ0) is 20.2. The van der Waals surface area contributed by atoms with Gasteiger partial charge in [-0.1, -0.05) is 30.3 Å². The molecule has 1 fully saturated rings. The second-order valence-corrected chi connectivity index (χ2v) is 7.63. The molecule has 152 valence electrons. The van der Waals surface area contributed by atoms with E-state index < -0.39 is 0 Å². The van der Waals surface area contributed by atoms with Crippen LogP contribution in [-0.2, 0) is 17.8 Å². The molecule has 0 bridgehead atoms. The first kappa shape index (κ1) is 19.5. The molecule has 2 aliphatic rings. The number of fused-ring (bicyclic) bond motifs is 1. The summed E-state index contributed by atoms with van der Waals surface area (Å²) in [6, 6.07) is 15.6. The third-order valence-electron chi connectivity index (χ3n) is 5.82. The van der Waals surface area contributed by atoms with Crippen molar-refractivity contribution in [2.24, 2.45) is 0 Å². The van der Waals surface area contributed by atoms with Crippen LogP contribution in [0.2, 0.25) is 0 Å². The first-order chi connectivity index (χ1) is 14.1. The van der Waals surface area contributed by atoms with Crippen molar-refractivity contribution in [3.63, 3.8) is 0 Å². The van der Waals surface area contributed by atoms with Crippen LogP contribution in [0.3, 0.4) is 0 Å². The topological polar surface area (TPSA) is 53.1 Å². The number of carbonyl (C=O) groups is 2. The quantitative estimate of drug-likeness (QED) is 0.798. The number of ether oxygens (including phenoxy) is 1. The molecule has 2 aromatic rings.